The maximum absolute atomic E-state index is 12.6. The number of pyridine rings is 1. The summed E-state index contributed by atoms with van der Waals surface area (Å²) in [5.41, 5.74) is 5.41. The molecule has 0 saturated heterocycles. The summed E-state index contributed by atoms with van der Waals surface area (Å²) >= 11 is 0. The van der Waals surface area contributed by atoms with Gasteiger partial charge in [-0.25, -0.2) is 9.37 Å². The first-order valence-corrected chi connectivity index (χ1v) is 5.27. The van der Waals surface area contributed by atoms with Crippen LogP contribution < -0.4 is 10.6 Å². The monoisotopic (exact) mass is 211 g/mol. The highest BCUT2D eigenvalue weighted by Gasteiger charge is 2.01. The predicted octanol–water partition coefficient (Wildman–Crippen LogP) is 1.79. The molecule has 15 heavy (non-hydrogen) atoms. The Labute approximate surface area is 90.1 Å². The number of halogens is 1. The van der Waals surface area contributed by atoms with Gasteiger partial charge in [0.1, 0.15) is 11.6 Å². The van der Waals surface area contributed by atoms with Crippen molar-refractivity contribution in [3.05, 3.63) is 24.1 Å². The lowest BCUT2D eigenvalue weighted by Crippen LogP contribution is -2.19. The summed E-state index contributed by atoms with van der Waals surface area (Å²) < 4.78 is 12.6. The fraction of sp³-hybridized carbons (Fsp3) is 0.545. The smallest absolute Gasteiger partial charge is 0.141 e. The molecule has 0 bridgehead atoms. The van der Waals surface area contributed by atoms with E-state index >= 15 is 0 Å². The molecule has 0 aromatic carbocycles. The van der Waals surface area contributed by atoms with Gasteiger partial charge in [-0.15, -0.1) is 0 Å². The topological polar surface area (TPSA) is 42.1 Å². The molecule has 3 nitrogen and oxygen atoms in total. The van der Waals surface area contributed by atoms with Gasteiger partial charge in [-0.05, 0) is 31.5 Å². The number of unbranched alkanes of at least 4 members (excludes halogenated alkanes) is 2. The lowest BCUT2D eigenvalue weighted by molar-refractivity contribution is 0.619. The Hall–Kier alpha value is -1.16. The van der Waals surface area contributed by atoms with Gasteiger partial charge in [-0.3, -0.25) is 0 Å². The van der Waals surface area contributed by atoms with Crippen molar-refractivity contribution < 1.29 is 4.39 Å². The molecule has 0 aliphatic heterocycles. The highest BCUT2D eigenvalue weighted by Crippen LogP contribution is 2.09. The molecule has 0 spiro atoms. The van der Waals surface area contributed by atoms with Gasteiger partial charge >= 0.3 is 0 Å². The molecule has 0 saturated carbocycles. The first kappa shape index (κ1) is 11.9. The third-order valence-corrected chi connectivity index (χ3v) is 2.30. The van der Waals surface area contributed by atoms with Gasteiger partial charge in [0.25, 0.3) is 0 Å². The molecule has 0 aliphatic carbocycles. The van der Waals surface area contributed by atoms with Crippen LogP contribution >= 0.6 is 0 Å². The van der Waals surface area contributed by atoms with Gasteiger partial charge < -0.3 is 10.6 Å². The van der Waals surface area contributed by atoms with Gasteiger partial charge in [-0.1, -0.05) is 6.42 Å². The first-order valence-electron chi connectivity index (χ1n) is 5.27. The predicted molar refractivity (Wildman–Crippen MR) is 60.4 cm³/mol. The van der Waals surface area contributed by atoms with Crippen molar-refractivity contribution in [1.82, 2.24) is 4.98 Å². The zero-order valence-corrected chi connectivity index (χ0v) is 9.12. The van der Waals surface area contributed by atoms with Crippen molar-refractivity contribution in [1.29, 1.82) is 0 Å². The van der Waals surface area contributed by atoms with Crippen molar-refractivity contribution in [3.63, 3.8) is 0 Å². The highest BCUT2D eigenvalue weighted by molar-refractivity contribution is 5.36. The second-order valence-corrected chi connectivity index (χ2v) is 3.61. The van der Waals surface area contributed by atoms with E-state index in [1.807, 2.05) is 11.9 Å². The molecule has 2 N–H and O–H groups in total. The maximum atomic E-state index is 12.6. The van der Waals surface area contributed by atoms with Crippen molar-refractivity contribution in [3.8, 4) is 0 Å². The molecule has 0 unspecified atom stereocenters. The average molecular weight is 211 g/mol. The van der Waals surface area contributed by atoms with E-state index in [0.717, 1.165) is 38.2 Å². The van der Waals surface area contributed by atoms with Gasteiger partial charge in [0.15, 0.2) is 0 Å². The summed E-state index contributed by atoms with van der Waals surface area (Å²) in [5.74, 6) is 0.513. The molecule has 0 aliphatic rings. The molecular formula is C11H18FN3. The minimum atomic E-state index is -0.296. The van der Waals surface area contributed by atoms with E-state index in [4.69, 9.17) is 5.73 Å². The van der Waals surface area contributed by atoms with E-state index in [-0.39, 0.29) is 5.82 Å². The van der Waals surface area contributed by atoms with Crippen LogP contribution in [-0.2, 0) is 0 Å². The molecule has 0 radical (unpaired) electrons. The minimum absolute atomic E-state index is 0.296. The molecule has 1 aromatic rings. The maximum Gasteiger partial charge on any atom is 0.141 e. The van der Waals surface area contributed by atoms with Crippen LogP contribution in [0.4, 0.5) is 10.2 Å². The van der Waals surface area contributed by atoms with Gasteiger partial charge in [-0.2, -0.15) is 0 Å². The largest absolute Gasteiger partial charge is 0.360 e. The fourth-order valence-electron chi connectivity index (χ4n) is 1.38. The van der Waals surface area contributed by atoms with Gasteiger partial charge in [0.05, 0.1) is 6.20 Å². The Balaban J connectivity index is 2.33. The Kier molecular flexibility index (Phi) is 5.04. The van der Waals surface area contributed by atoms with Crippen molar-refractivity contribution in [2.75, 3.05) is 25.0 Å². The first-order chi connectivity index (χ1) is 7.24. The third-order valence-electron chi connectivity index (χ3n) is 2.30. The van der Waals surface area contributed by atoms with Crippen LogP contribution in [0.1, 0.15) is 19.3 Å². The molecule has 84 valence electrons. The van der Waals surface area contributed by atoms with Crippen LogP contribution in [0.5, 0.6) is 0 Å². The third kappa shape index (κ3) is 4.25. The van der Waals surface area contributed by atoms with Crippen molar-refractivity contribution >= 4 is 5.82 Å². The Morgan fingerprint density at radius 3 is 2.73 bits per heavy atom. The molecule has 0 amide bonds. The zero-order valence-electron chi connectivity index (χ0n) is 9.12. The second-order valence-electron chi connectivity index (χ2n) is 3.61. The number of hydrogen-bond acceptors (Lipinski definition) is 3. The molecular weight excluding hydrogens is 193 g/mol. The number of hydrogen-bond donors (Lipinski definition) is 1. The van der Waals surface area contributed by atoms with Gasteiger partial charge in [0.2, 0.25) is 0 Å². The van der Waals surface area contributed by atoms with E-state index in [2.05, 4.69) is 4.98 Å². The van der Waals surface area contributed by atoms with Crippen molar-refractivity contribution in [2.45, 2.75) is 19.3 Å². The zero-order chi connectivity index (χ0) is 11.1. The summed E-state index contributed by atoms with van der Waals surface area (Å²) in [6.07, 6.45) is 4.52. The summed E-state index contributed by atoms with van der Waals surface area (Å²) in [5, 5.41) is 0. The standard InChI is InChI=1S/C11H18FN3/c1-15(8-4-2-3-7-13)11-6-5-10(12)9-14-11/h5-6,9H,2-4,7-8,13H2,1H3. The number of anilines is 1. The second kappa shape index (κ2) is 6.35. The Morgan fingerprint density at radius 1 is 1.33 bits per heavy atom. The van der Waals surface area contributed by atoms with E-state index in [0.29, 0.717) is 0 Å². The number of nitrogens with zero attached hydrogens (tertiary/aromatic N) is 2. The van der Waals surface area contributed by atoms with Crippen LogP contribution in [0.15, 0.2) is 18.3 Å². The Bertz CT molecular complexity index is 274. The fourth-order valence-corrected chi connectivity index (χ4v) is 1.38. The average Bonchev–Trinajstić information content (AvgIpc) is 2.25. The van der Waals surface area contributed by atoms with Gasteiger partial charge in [0, 0.05) is 13.6 Å². The quantitative estimate of drug-likeness (QED) is 0.729. The molecule has 1 aromatic heterocycles. The van der Waals surface area contributed by atoms with E-state index in [9.17, 15) is 4.39 Å². The van der Waals surface area contributed by atoms with Crippen molar-refractivity contribution in [2.24, 2.45) is 5.73 Å². The molecule has 1 heterocycles. The molecule has 0 atom stereocenters. The number of rotatable bonds is 6. The SMILES string of the molecule is CN(CCCCCN)c1ccc(F)cn1. The molecule has 1 rings (SSSR count). The lowest BCUT2D eigenvalue weighted by atomic mass is 10.2. The summed E-state index contributed by atoms with van der Waals surface area (Å²) in [4.78, 5) is 6.03. The molecule has 0 fully saturated rings. The van der Waals surface area contributed by atoms with E-state index < -0.39 is 0 Å². The number of nitrogens with two attached hydrogens (primary N) is 1. The van der Waals surface area contributed by atoms with Crippen LogP contribution in [0.2, 0.25) is 0 Å². The van der Waals surface area contributed by atoms with Crippen LogP contribution in [-0.4, -0.2) is 25.1 Å². The number of aromatic nitrogens is 1. The summed E-state index contributed by atoms with van der Waals surface area (Å²) in [6, 6.07) is 3.12. The van der Waals surface area contributed by atoms with E-state index in [1.54, 1.807) is 6.07 Å². The van der Waals surface area contributed by atoms with Crippen LogP contribution in [0, 0.1) is 5.82 Å². The highest BCUT2D eigenvalue weighted by atomic mass is 19.1. The van der Waals surface area contributed by atoms with Crippen LogP contribution in [0.25, 0.3) is 0 Å². The minimum Gasteiger partial charge on any atom is -0.360 e. The van der Waals surface area contributed by atoms with Crippen LogP contribution in [0.3, 0.4) is 0 Å². The Morgan fingerprint density at radius 2 is 2.13 bits per heavy atom. The normalized spacial score (nSPS) is 10.3. The molecule has 4 heteroatoms. The summed E-state index contributed by atoms with van der Waals surface area (Å²) in [7, 11) is 1.96. The lowest BCUT2D eigenvalue weighted by Gasteiger charge is -2.17. The summed E-state index contributed by atoms with van der Waals surface area (Å²) in [6.45, 7) is 1.68. The van der Waals surface area contributed by atoms with E-state index in [1.165, 1.54) is 12.3 Å².